The quantitative estimate of drug-likeness (QED) is 0.139. The van der Waals surface area contributed by atoms with Crippen molar-refractivity contribution in [2.45, 2.75) is 82.9 Å². The molecule has 4 amide bonds. The van der Waals surface area contributed by atoms with E-state index in [1.165, 1.54) is 11.1 Å². The third-order valence-corrected chi connectivity index (χ3v) is 10.8. The first-order valence-corrected chi connectivity index (χ1v) is 18.5. The second kappa shape index (κ2) is 14.4. The summed E-state index contributed by atoms with van der Waals surface area (Å²) in [5, 5.41) is 17.9. The minimum atomic E-state index is -0.991. The van der Waals surface area contributed by atoms with E-state index in [1.54, 1.807) is 37.3 Å². The average molecular weight is 742 g/mol. The van der Waals surface area contributed by atoms with Gasteiger partial charge in [0.15, 0.2) is 0 Å². The van der Waals surface area contributed by atoms with Crippen LogP contribution < -0.4 is 20.1 Å². The molecule has 1 saturated heterocycles. The number of aromatic nitrogens is 4. The number of piperidine rings is 1. The summed E-state index contributed by atoms with van der Waals surface area (Å²) in [5.41, 5.74) is 3.90. The van der Waals surface area contributed by atoms with Gasteiger partial charge in [0.1, 0.15) is 29.3 Å². The van der Waals surface area contributed by atoms with E-state index in [0.717, 1.165) is 36.3 Å². The van der Waals surface area contributed by atoms with Crippen molar-refractivity contribution >= 4 is 29.3 Å². The smallest absolute Gasteiger partial charge is 0.262 e. The summed E-state index contributed by atoms with van der Waals surface area (Å²) in [5.74, 6) is 0.559. The van der Waals surface area contributed by atoms with Crippen molar-refractivity contribution in [2.24, 2.45) is 0 Å². The summed E-state index contributed by atoms with van der Waals surface area (Å²) in [6.07, 6.45) is 3.57. The van der Waals surface area contributed by atoms with Crippen LogP contribution >= 0.6 is 0 Å². The number of anilines is 1. The number of amides is 4. The fraction of sp³-hybridized carbons (Fsp3) is 0.317. The number of rotatable bonds is 12. The van der Waals surface area contributed by atoms with Gasteiger partial charge in [0.05, 0.1) is 11.1 Å². The van der Waals surface area contributed by atoms with E-state index in [0.29, 0.717) is 34.7 Å². The number of carbonyl (C=O) groups excluding carboxylic acids is 4. The Labute approximate surface area is 316 Å². The highest BCUT2D eigenvalue weighted by atomic mass is 16.5. The Balaban J connectivity index is 0.857. The second-order valence-corrected chi connectivity index (χ2v) is 14.1. The topological polar surface area (TPSA) is 179 Å². The average Bonchev–Trinajstić information content (AvgIpc) is 3.72. The number of hydrogen-bond acceptors (Lipinski definition) is 12. The Morgan fingerprint density at radius 3 is 2.16 bits per heavy atom. The maximum atomic E-state index is 13.2. The van der Waals surface area contributed by atoms with Crippen LogP contribution in [-0.2, 0) is 15.0 Å². The van der Waals surface area contributed by atoms with E-state index in [-0.39, 0.29) is 41.5 Å². The van der Waals surface area contributed by atoms with Crippen LogP contribution in [-0.4, -0.2) is 67.1 Å². The molecule has 5 aromatic rings. The molecule has 1 unspecified atom stereocenters. The molecule has 2 aromatic heterocycles. The van der Waals surface area contributed by atoms with Gasteiger partial charge in [-0.3, -0.25) is 29.4 Å². The molecule has 8 rings (SSSR count). The minimum Gasteiger partial charge on any atom is -0.490 e. The number of nitrogens with zero attached hydrogens (tertiary/aromatic N) is 5. The first-order valence-electron chi connectivity index (χ1n) is 18.5. The first kappa shape index (κ1) is 35.6. The Morgan fingerprint density at radius 1 is 0.855 bits per heavy atom. The lowest BCUT2D eigenvalue weighted by atomic mass is 9.70. The molecular weight excluding hydrogens is 702 g/mol. The Kier molecular flexibility index (Phi) is 9.33. The Bertz CT molecular complexity index is 2260. The van der Waals surface area contributed by atoms with Gasteiger partial charge in [0.2, 0.25) is 29.4 Å². The van der Waals surface area contributed by atoms with Gasteiger partial charge in [0.25, 0.3) is 11.8 Å². The summed E-state index contributed by atoms with van der Waals surface area (Å²) < 4.78 is 17.3. The van der Waals surface area contributed by atoms with Crippen molar-refractivity contribution in [3.8, 4) is 28.9 Å². The highest BCUT2D eigenvalue weighted by Gasteiger charge is 2.45. The molecule has 1 atom stereocenters. The lowest BCUT2D eigenvalue weighted by Gasteiger charge is -2.37. The molecule has 2 aliphatic heterocycles. The predicted molar refractivity (Wildman–Crippen MR) is 199 cm³/mol. The van der Waals surface area contributed by atoms with Gasteiger partial charge in [-0.15, -0.1) is 10.2 Å². The van der Waals surface area contributed by atoms with Gasteiger partial charge in [0, 0.05) is 49.4 Å². The molecule has 1 aliphatic carbocycles. The van der Waals surface area contributed by atoms with Crippen molar-refractivity contribution in [1.29, 1.82) is 0 Å². The van der Waals surface area contributed by atoms with Gasteiger partial charge >= 0.3 is 0 Å². The first-order chi connectivity index (χ1) is 26.6. The van der Waals surface area contributed by atoms with Crippen LogP contribution in [0.1, 0.15) is 90.1 Å². The lowest BCUT2D eigenvalue weighted by Crippen LogP contribution is -2.54. The molecule has 3 aromatic carbocycles. The normalized spacial score (nSPS) is 19.5. The molecule has 14 nitrogen and oxygen atoms in total. The van der Waals surface area contributed by atoms with Gasteiger partial charge in [-0.2, -0.15) is 4.98 Å². The molecule has 55 heavy (non-hydrogen) atoms. The molecule has 0 spiro atoms. The van der Waals surface area contributed by atoms with Gasteiger partial charge in [-0.25, -0.2) is 0 Å². The van der Waals surface area contributed by atoms with Gasteiger partial charge < -0.3 is 19.3 Å². The molecule has 2 N–H and O–H groups in total. The molecule has 14 heteroatoms. The van der Waals surface area contributed by atoms with Crippen LogP contribution in [0.2, 0.25) is 0 Å². The zero-order valence-corrected chi connectivity index (χ0v) is 30.6. The van der Waals surface area contributed by atoms with Crippen LogP contribution in [0, 0.1) is 6.92 Å². The highest BCUT2D eigenvalue weighted by molar-refractivity contribution is 6.23. The van der Waals surface area contributed by atoms with Crippen LogP contribution in [0.3, 0.4) is 0 Å². The number of nitrogens with one attached hydrogen (secondary N) is 2. The summed E-state index contributed by atoms with van der Waals surface area (Å²) >= 11 is 0. The number of hydrogen-bond donors (Lipinski definition) is 2. The predicted octanol–water partition coefficient (Wildman–Crippen LogP) is 6.16. The molecular formula is C41H39N7O7. The van der Waals surface area contributed by atoms with Crippen molar-refractivity contribution in [3.63, 3.8) is 0 Å². The van der Waals surface area contributed by atoms with Gasteiger partial charge in [-0.1, -0.05) is 43.3 Å². The highest BCUT2D eigenvalue weighted by Crippen LogP contribution is 2.41. The number of benzene rings is 3. The van der Waals surface area contributed by atoms with E-state index in [4.69, 9.17) is 14.0 Å². The molecule has 0 bridgehead atoms. The van der Waals surface area contributed by atoms with E-state index in [9.17, 15) is 19.2 Å². The van der Waals surface area contributed by atoms with Crippen LogP contribution in [0.15, 0.2) is 83.4 Å². The fourth-order valence-electron chi connectivity index (χ4n) is 7.71. The molecule has 2 fully saturated rings. The number of ether oxygens (including phenoxy) is 2. The number of imide groups is 2. The van der Waals surface area contributed by atoms with Crippen LogP contribution in [0.5, 0.6) is 17.4 Å². The van der Waals surface area contributed by atoms with E-state index < -0.39 is 29.7 Å². The summed E-state index contributed by atoms with van der Waals surface area (Å²) in [6.45, 7) is 6.11. The molecule has 1 saturated carbocycles. The third kappa shape index (κ3) is 6.79. The molecule has 4 heterocycles. The monoisotopic (exact) mass is 741 g/mol. The summed E-state index contributed by atoms with van der Waals surface area (Å²) in [4.78, 5) is 55.4. The fourth-order valence-corrected chi connectivity index (χ4v) is 7.71. The SMILES string of the molecule is CCC(CC)(c1ccc(Oc2ccc(-c3noc(C)n3)nn2)cc1)c1ccc(O[C@H]2C[C@H](Nc3ccc4c(c3)C(=O)N(C3CCC(=O)NC3=O)C4=O)C2)cc1. The van der Waals surface area contributed by atoms with E-state index >= 15 is 0 Å². The zero-order valence-electron chi connectivity index (χ0n) is 30.6. The van der Waals surface area contributed by atoms with Gasteiger partial charge in [-0.05, 0) is 78.9 Å². The summed E-state index contributed by atoms with van der Waals surface area (Å²) in [6, 6.07) is 24.1. The second-order valence-electron chi connectivity index (χ2n) is 14.1. The van der Waals surface area contributed by atoms with Crippen LogP contribution in [0.4, 0.5) is 5.69 Å². The maximum absolute atomic E-state index is 13.2. The number of aryl methyl sites for hydroxylation is 1. The van der Waals surface area contributed by atoms with Crippen molar-refractivity contribution < 1.29 is 33.2 Å². The maximum Gasteiger partial charge on any atom is 0.262 e. The van der Waals surface area contributed by atoms with Crippen molar-refractivity contribution in [2.75, 3.05) is 5.32 Å². The molecule has 0 radical (unpaired) electrons. The van der Waals surface area contributed by atoms with Crippen molar-refractivity contribution in [3.05, 3.63) is 107 Å². The van der Waals surface area contributed by atoms with Crippen LogP contribution in [0.25, 0.3) is 11.5 Å². The molecule has 3 aliphatic rings. The number of carbonyl (C=O) groups is 4. The largest absolute Gasteiger partial charge is 0.490 e. The third-order valence-electron chi connectivity index (χ3n) is 10.8. The molecule has 280 valence electrons. The van der Waals surface area contributed by atoms with E-state index in [2.05, 4.69) is 69.1 Å². The Hall–Kier alpha value is -6.44. The van der Waals surface area contributed by atoms with Crippen molar-refractivity contribution in [1.82, 2.24) is 30.6 Å². The van der Waals surface area contributed by atoms with E-state index in [1.807, 2.05) is 24.3 Å². The number of fused-ring (bicyclic) bond motifs is 1. The lowest BCUT2D eigenvalue weighted by molar-refractivity contribution is -0.136. The standard InChI is InChI=1S/C41H39N7O7/c1-4-41(5-2,25-8-13-29(14-9-25)54-36-19-16-33(45-46-36)37-42-23(3)55-47-37)24-6-11-28(12-7-24)53-30-20-27(21-30)43-26-10-15-31-32(22-26)40(52)48(39(31)51)34-17-18-35(49)44-38(34)50/h6-16,19,22,27,30,34,43H,4-5,17-18,20-21H2,1-3H3,(H,44,49,50)/t27-,30-,34?. The minimum absolute atomic E-state index is 0.0303. The summed E-state index contributed by atoms with van der Waals surface area (Å²) in [7, 11) is 0. The Morgan fingerprint density at radius 2 is 1.55 bits per heavy atom. The zero-order chi connectivity index (χ0) is 38.3.